The molecule has 3 heterocycles. The highest BCUT2D eigenvalue weighted by Crippen LogP contribution is 2.30. The summed E-state index contributed by atoms with van der Waals surface area (Å²) < 4.78 is 4.95. The molecule has 0 spiro atoms. The lowest BCUT2D eigenvalue weighted by molar-refractivity contribution is 0.0738. The van der Waals surface area contributed by atoms with Crippen molar-refractivity contribution in [2.75, 3.05) is 11.9 Å². The molecule has 1 N–H and O–H groups in total. The van der Waals surface area contributed by atoms with E-state index in [2.05, 4.69) is 10.3 Å². The van der Waals surface area contributed by atoms with Crippen molar-refractivity contribution in [1.82, 2.24) is 9.88 Å². The fourth-order valence-corrected chi connectivity index (χ4v) is 4.59. The lowest BCUT2D eigenvalue weighted by Crippen LogP contribution is -2.35. The molecule has 2 aromatic heterocycles. The van der Waals surface area contributed by atoms with Gasteiger partial charge in [0, 0.05) is 23.4 Å². The molecule has 2 amide bonds. The molecule has 5 rings (SSSR count). The van der Waals surface area contributed by atoms with Crippen molar-refractivity contribution in [3.05, 3.63) is 82.8 Å². The maximum atomic E-state index is 13.2. The molecule has 29 heavy (non-hydrogen) atoms. The minimum absolute atomic E-state index is 0.0184. The Bertz CT molecular complexity index is 1210. The van der Waals surface area contributed by atoms with Crippen LogP contribution in [0.25, 0.3) is 10.8 Å². The lowest BCUT2D eigenvalue weighted by Gasteiger charge is -2.26. The normalized spacial score (nSPS) is 13.3. The maximum Gasteiger partial charge on any atom is 0.260 e. The van der Waals surface area contributed by atoms with Crippen molar-refractivity contribution in [3.63, 3.8) is 0 Å². The molecule has 4 aromatic rings. The van der Waals surface area contributed by atoms with Crippen LogP contribution in [0.1, 0.15) is 31.3 Å². The van der Waals surface area contributed by atoms with Crippen molar-refractivity contribution in [2.24, 2.45) is 0 Å². The average molecular weight is 403 g/mol. The van der Waals surface area contributed by atoms with Crippen molar-refractivity contribution in [2.45, 2.75) is 13.0 Å². The topological polar surface area (TPSA) is 75.4 Å². The van der Waals surface area contributed by atoms with Crippen LogP contribution in [0.3, 0.4) is 0 Å². The third-order valence-corrected chi connectivity index (χ3v) is 6.04. The zero-order valence-electron chi connectivity index (χ0n) is 15.4. The molecule has 7 heteroatoms. The first-order valence-electron chi connectivity index (χ1n) is 9.28. The van der Waals surface area contributed by atoms with E-state index in [1.165, 1.54) is 23.9 Å². The van der Waals surface area contributed by atoms with Crippen LogP contribution in [0.5, 0.6) is 0 Å². The van der Waals surface area contributed by atoms with Crippen molar-refractivity contribution in [1.29, 1.82) is 0 Å². The van der Waals surface area contributed by atoms with Gasteiger partial charge in [-0.05, 0) is 22.9 Å². The Morgan fingerprint density at radius 2 is 1.97 bits per heavy atom. The highest BCUT2D eigenvalue weighted by molar-refractivity contribution is 7.15. The minimum atomic E-state index is -0.256. The lowest BCUT2D eigenvalue weighted by atomic mass is 10.0. The summed E-state index contributed by atoms with van der Waals surface area (Å²) in [5.41, 5.74) is 2.11. The second-order valence-electron chi connectivity index (χ2n) is 6.86. The van der Waals surface area contributed by atoms with Crippen LogP contribution in [0.4, 0.5) is 5.13 Å². The van der Waals surface area contributed by atoms with E-state index in [1.807, 2.05) is 47.4 Å². The number of anilines is 1. The third kappa shape index (κ3) is 3.30. The quantitative estimate of drug-likeness (QED) is 0.552. The van der Waals surface area contributed by atoms with Crippen LogP contribution in [-0.2, 0) is 13.0 Å². The van der Waals surface area contributed by atoms with Crippen molar-refractivity contribution < 1.29 is 14.0 Å². The Morgan fingerprint density at radius 1 is 1.10 bits per heavy atom. The molecule has 0 fully saturated rings. The molecule has 0 radical (unpaired) electrons. The molecule has 2 aromatic carbocycles. The minimum Gasteiger partial charge on any atom is -0.472 e. The van der Waals surface area contributed by atoms with E-state index in [4.69, 9.17) is 4.42 Å². The number of nitrogens with one attached hydrogen (secondary N) is 1. The van der Waals surface area contributed by atoms with E-state index in [-0.39, 0.29) is 11.8 Å². The zero-order chi connectivity index (χ0) is 19.8. The molecule has 144 valence electrons. The molecule has 0 saturated carbocycles. The number of hydrogen-bond acceptors (Lipinski definition) is 5. The molecule has 1 aliphatic rings. The first kappa shape index (κ1) is 17.6. The van der Waals surface area contributed by atoms with Crippen LogP contribution in [0.2, 0.25) is 0 Å². The number of fused-ring (bicyclic) bond motifs is 2. The fraction of sp³-hybridized carbons (Fsp3) is 0.136. The van der Waals surface area contributed by atoms with E-state index < -0.39 is 0 Å². The van der Waals surface area contributed by atoms with Crippen LogP contribution in [0.15, 0.2) is 65.5 Å². The van der Waals surface area contributed by atoms with Crippen LogP contribution >= 0.6 is 11.3 Å². The number of furan rings is 1. The van der Waals surface area contributed by atoms with E-state index in [1.54, 1.807) is 6.07 Å². The molecule has 0 unspecified atom stereocenters. The summed E-state index contributed by atoms with van der Waals surface area (Å²) in [6, 6.07) is 15.3. The smallest absolute Gasteiger partial charge is 0.260 e. The molecule has 0 aliphatic carbocycles. The number of amides is 2. The van der Waals surface area contributed by atoms with Gasteiger partial charge in [-0.2, -0.15) is 0 Å². The van der Waals surface area contributed by atoms with Gasteiger partial charge < -0.3 is 9.32 Å². The molecular formula is C22H17N3O3S. The largest absolute Gasteiger partial charge is 0.472 e. The fourth-order valence-electron chi connectivity index (χ4n) is 3.57. The molecular weight excluding hydrogens is 386 g/mol. The van der Waals surface area contributed by atoms with Gasteiger partial charge in [-0.1, -0.05) is 47.7 Å². The SMILES string of the molecule is O=C(Nc1nc2c(s1)CN(C(=O)c1cccc3ccccc13)CC2)c1ccoc1. The Labute approximate surface area is 170 Å². The standard InChI is InChI=1S/C22H17N3O3S/c26-20(15-9-11-28-13-15)24-22-23-18-8-10-25(12-19(18)29-22)21(27)17-7-3-5-14-4-1-2-6-16(14)17/h1-7,9,11,13H,8,10,12H2,(H,23,24,26). The number of aromatic nitrogens is 1. The van der Waals surface area contributed by atoms with Crippen LogP contribution in [-0.4, -0.2) is 28.2 Å². The summed E-state index contributed by atoms with van der Waals surface area (Å²) in [7, 11) is 0. The third-order valence-electron chi connectivity index (χ3n) is 5.04. The van der Waals surface area contributed by atoms with Gasteiger partial charge in [0.1, 0.15) is 6.26 Å². The van der Waals surface area contributed by atoms with Crippen LogP contribution in [0, 0.1) is 0 Å². The predicted octanol–water partition coefficient (Wildman–Crippen LogP) is 4.34. The zero-order valence-corrected chi connectivity index (χ0v) is 16.2. The summed E-state index contributed by atoms with van der Waals surface area (Å²) >= 11 is 1.41. The Kier molecular flexibility index (Phi) is 4.37. The molecule has 0 bridgehead atoms. The van der Waals surface area contributed by atoms with Crippen molar-refractivity contribution >= 4 is 39.1 Å². The summed E-state index contributed by atoms with van der Waals surface area (Å²) in [4.78, 5) is 32.8. The first-order valence-corrected chi connectivity index (χ1v) is 10.1. The molecule has 0 atom stereocenters. The number of rotatable bonds is 3. The summed E-state index contributed by atoms with van der Waals surface area (Å²) in [5, 5.41) is 5.36. The number of benzene rings is 2. The Hall–Kier alpha value is -3.45. The predicted molar refractivity (Wildman–Crippen MR) is 111 cm³/mol. The summed E-state index contributed by atoms with van der Waals surface area (Å²) in [6.07, 6.45) is 3.52. The van der Waals surface area contributed by atoms with Gasteiger partial charge >= 0.3 is 0 Å². The van der Waals surface area contributed by atoms with Crippen molar-refractivity contribution in [3.8, 4) is 0 Å². The van der Waals surface area contributed by atoms with Gasteiger partial charge in [-0.25, -0.2) is 4.98 Å². The highest BCUT2D eigenvalue weighted by atomic mass is 32.1. The van der Waals surface area contributed by atoms with Gasteiger partial charge in [0.25, 0.3) is 11.8 Å². The van der Waals surface area contributed by atoms with Gasteiger partial charge in [0.15, 0.2) is 5.13 Å². The number of carbonyl (C=O) groups excluding carboxylic acids is 2. The van der Waals surface area contributed by atoms with Gasteiger partial charge in [-0.15, -0.1) is 0 Å². The van der Waals surface area contributed by atoms with Gasteiger partial charge in [-0.3, -0.25) is 14.9 Å². The van der Waals surface area contributed by atoms with Crippen LogP contribution < -0.4 is 5.32 Å². The Morgan fingerprint density at radius 3 is 2.83 bits per heavy atom. The van der Waals surface area contributed by atoms with E-state index >= 15 is 0 Å². The van der Waals surface area contributed by atoms with E-state index in [0.29, 0.717) is 35.8 Å². The second-order valence-corrected chi connectivity index (χ2v) is 7.94. The average Bonchev–Trinajstić information content (AvgIpc) is 3.42. The van der Waals surface area contributed by atoms with Gasteiger partial charge in [0.2, 0.25) is 0 Å². The summed E-state index contributed by atoms with van der Waals surface area (Å²) in [5.74, 6) is -0.238. The maximum absolute atomic E-state index is 13.2. The monoisotopic (exact) mass is 403 g/mol. The number of carbonyl (C=O) groups is 2. The highest BCUT2D eigenvalue weighted by Gasteiger charge is 2.26. The second kappa shape index (κ2) is 7.18. The number of hydrogen-bond donors (Lipinski definition) is 1. The van der Waals surface area contributed by atoms with E-state index in [9.17, 15) is 9.59 Å². The molecule has 0 saturated heterocycles. The number of thiazole rings is 1. The van der Waals surface area contributed by atoms with Gasteiger partial charge in [0.05, 0.1) is 24.1 Å². The molecule has 6 nitrogen and oxygen atoms in total. The van der Waals surface area contributed by atoms with E-state index in [0.717, 1.165) is 21.3 Å². The number of nitrogens with zero attached hydrogens (tertiary/aromatic N) is 2. The molecule has 1 aliphatic heterocycles. The Balaban J connectivity index is 1.36. The summed E-state index contributed by atoms with van der Waals surface area (Å²) in [6.45, 7) is 1.10. The first-order chi connectivity index (χ1) is 14.2.